The van der Waals surface area contributed by atoms with Crippen LogP contribution < -0.4 is 10.2 Å². The van der Waals surface area contributed by atoms with Crippen LogP contribution in [0.2, 0.25) is 0 Å². The number of carbonyl (C=O) groups excluding carboxylic acids is 2. The van der Waals surface area contributed by atoms with Crippen LogP contribution in [0.5, 0.6) is 0 Å². The van der Waals surface area contributed by atoms with Crippen molar-refractivity contribution in [1.29, 1.82) is 0 Å². The molecule has 7 rings (SSSR count). The molecule has 2 saturated heterocycles. The van der Waals surface area contributed by atoms with Crippen molar-refractivity contribution in [2.24, 2.45) is 0 Å². The number of hydrogen-bond acceptors (Lipinski definition) is 5. The first kappa shape index (κ1) is 28.9. The Kier molecular flexibility index (Phi) is 6.88. The standard InChI is InChI=1S/C30H23N3O4.C2HF3O2/c34-27(35)24-15-30(17-31-24)28(36)33(22-7-2-1-3-8-22)29(37)32(30)16-21-12-11-20-10-9-18-5-4-6-19-13-14-23(21)26(20)25(18)19;3-2(4,5)1(6)7/h1-14,24,31H,15-17H2,(H,34,35);(H,6,7)/t24-,30-;/m0./s1. The first-order valence-electron chi connectivity index (χ1n) is 13.6. The molecule has 44 heavy (non-hydrogen) atoms. The lowest BCUT2D eigenvalue weighted by Crippen LogP contribution is -2.51. The molecule has 5 aromatic rings. The fourth-order valence-corrected chi connectivity index (χ4v) is 6.16. The first-order chi connectivity index (χ1) is 20.9. The summed E-state index contributed by atoms with van der Waals surface area (Å²) in [6, 6.07) is 26.2. The van der Waals surface area contributed by atoms with Crippen LogP contribution in [0.15, 0.2) is 84.9 Å². The number of urea groups is 1. The largest absolute Gasteiger partial charge is 0.490 e. The molecule has 0 aliphatic carbocycles. The number of rotatable bonds is 4. The van der Waals surface area contributed by atoms with E-state index in [-0.39, 0.29) is 19.5 Å². The third-order valence-corrected chi connectivity index (χ3v) is 8.23. The quantitative estimate of drug-likeness (QED) is 0.186. The van der Waals surface area contributed by atoms with Crippen LogP contribution in [0.4, 0.5) is 23.7 Å². The summed E-state index contributed by atoms with van der Waals surface area (Å²) < 4.78 is 31.7. The molecule has 3 N–H and O–H groups in total. The van der Waals surface area contributed by atoms with Gasteiger partial charge in [0.1, 0.15) is 11.6 Å². The number of nitrogens with zero attached hydrogens (tertiary/aromatic N) is 2. The van der Waals surface area contributed by atoms with Gasteiger partial charge in [0.2, 0.25) is 0 Å². The molecule has 2 aliphatic heterocycles. The van der Waals surface area contributed by atoms with Gasteiger partial charge in [-0.25, -0.2) is 14.5 Å². The molecular weight excluding hydrogens is 579 g/mol. The molecular formula is C32H24F3N3O6. The molecule has 0 radical (unpaired) electrons. The van der Waals surface area contributed by atoms with Crippen molar-refractivity contribution in [3.63, 3.8) is 0 Å². The number of nitrogens with one attached hydrogen (secondary N) is 1. The van der Waals surface area contributed by atoms with E-state index < -0.39 is 41.6 Å². The number of halogens is 3. The Morgan fingerprint density at radius 3 is 2.02 bits per heavy atom. The fourth-order valence-electron chi connectivity index (χ4n) is 6.16. The van der Waals surface area contributed by atoms with E-state index in [0.717, 1.165) is 32.5 Å². The Balaban J connectivity index is 0.000000441. The van der Waals surface area contributed by atoms with Gasteiger partial charge in [0.05, 0.1) is 5.69 Å². The minimum atomic E-state index is -5.08. The molecule has 9 nitrogen and oxygen atoms in total. The van der Waals surface area contributed by atoms with Gasteiger partial charge in [-0.05, 0) is 50.0 Å². The second-order valence-electron chi connectivity index (χ2n) is 10.7. The summed E-state index contributed by atoms with van der Waals surface area (Å²) in [5, 5.41) is 26.5. The van der Waals surface area contributed by atoms with E-state index in [9.17, 15) is 32.7 Å². The topological polar surface area (TPSA) is 127 Å². The number of amides is 3. The maximum absolute atomic E-state index is 13.9. The molecule has 2 fully saturated rings. The summed E-state index contributed by atoms with van der Waals surface area (Å²) in [4.78, 5) is 51.3. The van der Waals surface area contributed by atoms with Crippen molar-refractivity contribution in [2.75, 3.05) is 11.4 Å². The Hall–Kier alpha value is -5.23. The predicted octanol–water partition coefficient (Wildman–Crippen LogP) is 5.37. The number of benzene rings is 5. The zero-order chi connectivity index (χ0) is 31.4. The molecule has 0 bridgehead atoms. The highest BCUT2D eigenvalue weighted by Crippen LogP contribution is 2.41. The average Bonchev–Trinajstić information content (AvgIpc) is 3.53. The molecule has 2 heterocycles. The maximum atomic E-state index is 13.9. The lowest BCUT2D eigenvalue weighted by Gasteiger charge is -2.31. The highest BCUT2D eigenvalue weighted by Gasteiger charge is 2.61. The number of carboxylic acid groups (broad SMARTS) is 2. The zero-order valence-electron chi connectivity index (χ0n) is 22.8. The molecule has 1 spiro atoms. The zero-order valence-corrected chi connectivity index (χ0v) is 22.8. The SMILES string of the molecule is O=C(O)C(F)(F)F.O=C(O)[C@@H]1C[C@]2(CN1)C(=O)N(c1ccccc1)C(=O)N2Cc1ccc2ccc3cccc4ccc1c2c34. The molecule has 2 aliphatic rings. The van der Waals surface area contributed by atoms with Gasteiger partial charge in [0.25, 0.3) is 5.91 Å². The van der Waals surface area contributed by atoms with Crippen LogP contribution >= 0.6 is 0 Å². The number of alkyl halides is 3. The minimum absolute atomic E-state index is 0.0159. The van der Waals surface area contributed by atoms with E-state index in [0.29, 0.717) is 5.69 Å². The van der Waals surface area contributed by atoms with Crippen molar-refractivity contribution in [1.82, 2.24) is 10.2 Å². The van der Waals surface area contributed by atoms with Gasteiger partial charge in [-0.2, -0.15) is 13.2 Å². The van der Waals surface area contributed by atoms with E-state index in [2.05, 4.69) is 47.8 Å². The van der Waals surface area contributed by atoms with Crippen LogP contribution in [-0.2, 0) is 20.9 Å². The van der Waals surface area contributed by atoms with Gasteiger partial charge in [0, 0.05) is 19.5 Å². The van der Waals surface area contributed by atoms with Crippen molar-refractivity contribution < 1.29 is 42.6 Å². The average molecular weight is 604 g/mol. The van der Waals surface area contributed by atoms with Crippen LogP contribution in [0.3, 0.4) is 0 Å². The van der Waals surface area contributed by atoms with E-state index in [1.807, 2.05) is 18.2 Å². The molecule has 12 heteroatoms. The lowest BCUT2D eigenvalue weighted by molar-refractivity contribution is -0.192. The highest BCUT2D eigenvalue weighted by molar-refractivity contribution is 6.25. The fraction of sp³-hybridized carbons (Fsp3) is 0.188. The number of carbonyl (C=O) groups is 4. The number of anilines is 1. The van der Waals surface area contributed by atoms with Crippen molar-refractivity contribution in [3.05, 3.63) is 90.5 Å². The normalized spacial score (nSPS) is 20.2. The van der Waals surface area contributed by atoms with Crippen LogP contribution in [-0.4, -0.2) is 63.3 Å². The monoisotopic (exact) mass is 603 g/mol. The van der Waals surface area contributed by atoms with E-state index >= 15 is 0 Å². The molecule has 0 aromatic heterocycles. The number of carboxylic acids is 2. The Bertz CT molecular complexity index is 1930. The summed E-state index contributed by atoms with van der Waals surface area (Å²) in [5.74, 6) is -4.18. The highest BCUT2D eigenvalue weighted by atomic mass is 19.4. The summed E-state index contributed by atoms with van der Waals surface area (Å²) >= 11 is 0. The Labute approximate surface area is 247 Å². The van der Waals surface area contributed by atoms with Crippen molar-refractivity contribution >= 4 is 61.9 Å². The van der Waals surface area contributed by atoms with Gasteiger partial charge >= 0.3 is 24.1 Å². The summed E-state index contributed by atoms with van der Waals surface area (Å²) in [6.07, 6.45) is -5.07. The Morgan fingerprint density at radius 2 is 1.43 bits per heavy atom. The Morgan fingerprint density at radius 1 is 0.841 bits per heavy atom. The van der Waals surface area contributed by atoms with Gasteiger partial charge in [0.15, 0.2) is 0 Å². The van der Waals surface area contributed by atoms with E-state index in [1.165, 1.54) is 10.3 Å². The van der Waals surface area contributed by atoms with E-state index in [4.69, 9.17) is 9.90 Å². The third kappa shape index (κ3) is 4.63. The summed E-state index contributed by atoms with van der Waals surface area (Å²) in [6.45, 7) is 0.278. The predicted molar refractivity (Wildman–Crippen MR) is 155 cm³/mol. The maximum Gasteiger partial charge on any atom is 0.490 e. The summed E-state index contributed by atoms with van der Waals surface area (Å²) in [7, 11) is 0. The third-order valence-electron chi connectivity index (χ3n) is 8.23. The van der Waals surface area contributed by atoms with E-state index in [1.54, 1.807) is 29.2 Å². The lowest BCUT2D eigenvalue weighted by atomic mass is 9.90. The number of aliphatic carboxylic acids is 2. The second kappa shape index (κ2) is 10.5. The second-order valence-corrected chi connectivity index (χ2v) is 10.7. The van der Waals surface area contributed by atoms with Gasteiger partial charge in [-0.3, -0.25) is 9.59 Å². The van der Waals surface area contributed by atoms with Crippen LogP contribution in [0.25, 0.3) is 32.3 Å². The number of imide groups is 1. The number of para-hydroxylation sites is 1. The van der Waals surface area contributed by atoms with Crippen LogP contribution in [0.1, 0.15) is 12.0 Å². The van der Waals surface area contributed by atoms with Crippen LogP contribution in [0, 0.1) is 0 Å². The summed E-state index contributed by atoms with van der Waals surface area (Å²) in [5.41, 5.74) is 0.119. The molecule has 5 aromatic carbocycles. The molecule has 0 unspecified atom stereocenters. The van der Waals surface area contributed by atoms with Gasteiger partial charge in [-0.1, -0.05) is 72.8 Å². The molecule has 224 valence electrons. The molecule has 0 saturated carbocycles. The minimum Gasteiger partial charge on any atom is -0.480 e. The molecule has 3 amide bonds. The first-order valence-corrected chi connectivity index (χ1v) is 13.6. The van der Waals surface area contributed by atoms with Gasteiger partial charge in [-0.15, -0.1) is 0 Å². The van der Waals surface area contributed by atoms with Gasteiger partial charge < -0.3 is 20.4 Å². The number of hydrogen-bond donors (Lipinski definition) is 3. The van der Waals surface area contributed by atoms with Crippen molar-refractivity contribution in [2.45, 2.75) is 30.7 Å². The smallest absolute Gasteiger partial charge is 0.480 e. The van der Waals surface area contributed by atoms with Crippen molar-refractivity contribution in [3.8, 4) is 0 Å². The molecule has 2 atom stereocenters.